The third-order valence-corrected chi connectivity index (χ3v) is 4.17. The molecule has 0 fully saturated rings. The molecule has 1 aromatic carbocycles. The van der Waals surface area contributed by atoms with E-state index in [4.69, 9.17) is 0 Å². The molecule has 0 bridgehead atoms. The molecule has 0 aliphatic rings. The molecule has 7 nitrogen and oxygen atoms in total. The lowest BCUT2D eigenvalue weighted by Gasteiger charge is -2.01. The zero-order valence-corrected chi connectivity index (χ0v) is 14.2. The number of aromatic amines is 1. The molecule has 4 rings (SSSR count). The van der Waals surface area contributed by atoms with Crippen LogP contribution in [0.3, 0.4) is 0 Å². The van der Waals surface area contributed by atoms with Gasteiger partial charge in [0.15, 0.2) is 11.6 Å². The number of amides is 1. The molecule has 0 saturated carbocycles. The topological polar surface area (TPSA) is 80.5 Å². The Morgan fingerprint density at radius 3 is 2.80 bits per heavy atom. The highest BCUT2D eigenvalue weighted by molar-refractivity contribution is 6.02. The summed E-state index contributed by atoms with van der Waals surface area (Å²) in [4.78, 5) is 24.3. The number of fused-ring (bicyclic) bond motifs is 1. The van der Waals surface area contributed by atoms with Gasteiger partial charge in [0.1, 0.15) is 0 Å². The van der Waals surface area contributed by atoms with Crippen LogP contribution < -0.4 is 5.32 Å². The molecule has 126 valence electrons. The van der Waals surface area contributed by atoms with E-state index in [2.05, 4.69) is 26.3 Å². The number of rotatable bonds is 3. The van der Waals surface area contributed by atoms with Crippen LogP contribution in [0.1, 0.15) is 16.2 Å². The van der Waals surface area contributed by atoms with Crippen LogP contribution in [0.15, 0.2) is 42.9 Å². The maximum Gasteiger partial charge on any atom is 0.291 e. The highest BCUT2D eigenvalue weighted by Crippen LogP contribution is 2.25. The SMILES string of the molecule is Cc1ccc2nc(-c3cc(NC(=O)c4nccn4C)cn3C)[nH]c2c1. The molecule has 2 N–H and O–H groups in total. The molecule has 0 aliphatic carbocycles. The number of imidazole rings is 2. The fraction of sp³-hybridized carbons (Fsp3) is 0.167. The molecule has 1 amide bonds. The summed E-state index contributed by atoms with van der Waals surface area (Å²) in [6, 6.07) is 8.00. The van der Waals surface area contributed by atoms with Crippen molar-refractivity contribution in [1.29, 1.82) is 0 Å². The number of carbonyl (C=O) groups is 1. The minimum absolute atomic E-state index is 0.245. The van der Waals surface area contributed by atoms with Gasteiger partial charge in [-0.25, -0.2) is 9.97 Å². The number of hydrogen-bond donors (Lipinski definition) is 2. The lowest BCUT2D eigenvalue weighted by Crippen LogP contribution is -2.16. The van der Waals surface area contributed by atoms with Crippen molar-refractivity contribution in [2.45, 2.75) is 6.92 Å². The summed E-state index contributed by atoms with van der Waals surface area (Å²) in [5.41, 5.74) is 4.68. The first-order chi connectivity index (χ1) is 12.0. The normalized spacial score (nSPS) is 11.2. The largest absolute Gasteiger partial charge is 0.346 e. The lowest BCUT2D eigenvalue weighted by molar-refractivity contribution is 0.101. The van der Waals surface area contributed by atoms with Gasteiger partial charge in [-0.1, -0.05) is 6.07 Å². The summed E-state index contributed by atoms with van der Waals surface area (Å²) in [7, 11) is 3.71. The zero-order chi connectivity index (χ0) is 17.6. The molecule has 0 atom stereocenters. The van der Waals surface area contributed by atoms with E-state index in [0.29, 0.717) is 11.5 Å². The van der Waals surface area contributed by atoms with Gasteiger partial charge in [-0.05, 0) is 30.7 Å². The van der Waals surface area contributed by atoms with Crippen molar-refractivity contribution in [2.75, 3.05) is 5.32 Å². The van der Waals surface area contributed by atoms with E-state index in [0.717, 1.165) is 22.6 Å². The van der Waals surface area contributed by atoms with Crippen molar-refractivity contribution >= 4 is 22.6 Å². The number of anilines is 1. The number of nitrogens with zero attached hydrogens (tertiary/aromatic N) is 4. The van der Waals surface area contributed by atoms with Crippen LogP contribution in [0, 0.1) is 6.92 Å². The van der Waals surface area contributed by atoms with Gasteiger partial charge in [0.25, 0.3) is 5.91 Å². The average molecular weight is 334 g/mol. The smallest absolute Gasteiger partial charge is 0.291 e. The van der Waals surface area contributed by atoms with Crippen LogP contribution in [0.25, 0.3) is 22.6 Å². The molecule has 4 aromatic rings. The summed E-state index contributed by atoms with van der Waals surface area (Å²) < 4.78 is 3.61. The van der Waals surface area contributed by atoms with Crippen molar-refractivity contribution < 1.29 is 4.79 Å². The number of carbonyl (C=O) groups excluding carboxylic acids is 1. The predicted octanol–water partition coefficient (Wildman–Crippen LogP) is 2.86. The Morgan fingerprint density at radius 2 is 2.04 bits per heavy atom. The van der Waals surface area contributed by atoms with Gasteiger partial charge in [0, 0.05) is 32.7 Å². The molecule has 3 heterocycles. The second-order valence-corrected chi connectivity index (χ2v) is 6.15. The Bertz CT molecular complexity index is 1080. The monoisotopic (exact) mass is 334 g/mol. The first-order valence-corrected chi connectivity index (χ1v) is 7.93. The molecule has 3 aromatic heterocycles. The second kappa shape index (κ2) is 5.62. The Labute approximate surface area is 144 Å². The first-order valence-electron chi connectivity index (χ1n) is 7.93. The standard InChI is InChI=1S/C18H18N6O/c1-11-4-5-13-14(8-11)22-16(21-13)15-9-12(10-24(15)3)20-18(25)17-19-6-7-23(17)2/h4-10H,1-3H3,(H,20,25)(H,21,22). The van der Waals surface area contributed by atoms with Crippen molar-refractivity contribution in [2.24, 2.45) is 14.1 Å². The molecule has 0 aliphatic heterocycles. The number of aryl methyl sites for hydroxylation is 3. The van der Waals surface area contributed by atoms with Crippen LogP contribution in [-0.2, 0) is 14.1 Å². The highest BCUT2D eigenvalue weighted by Gasteiger charge is 2.15. The number of nitrogens with one attached hydrogen (secondary N) is 2. The summed E-state index contributed by atoms with van der Waals surface area (Å²) >= 11 is 0. The van der Waals surface area contributed by atoms with E-state index in [-0.39, 0.29) is 5.91 Å². The summed E-state index contributed by atoms with van der Waals surface area (Å²) in [6.07, 6.45) is 5.19. The minimum atomic E-state index is -0.245. The van der Waals surface area contributed by atoms with E-state index in [1.54, 1.807) is 24.0 Å². The van der Waals surface area contributed by atoms with Crippen LogP contribution in [0.5, 0.6) is 0 Å². The molecular formula is C18H18N6O. The van der Waals surface area contributed by atoms with Crippen molar-refractivity contribution in [3.8, 4) is 11.5 Å². The average Bonchev–Trinajstić information content (AvgIpc) is 3.25. The van der Waals surface area contributed by atoms with Gasteiger partial charge in [0.05, 0.1) is 22.4 Å². The third kappa shape index (κ3) is 2.69. The maximum atomic E-state index is 12.3. The molecule has 0 radical (unpaired) electrons. The van der Waals surface area contributed by atoms with Crippen LogP contribution in [0.2, 0.25) is 0 Å². The molecule has 0 unspecified atom stereocenters. The van der Waals surface area contributed by atoms with Gasteiger partial charge in [-0.3, -0.25) is 4.79 Å². The van der Waals surface area contributed by atoms with Gasteiger partial charge in [-0.15, -0.1) is 0 Å². The number of hydrogen-bond acceptors (Lipinski definition) is 3. The second-order valence-electron chi connectivity index (χ2n) is 6.15. The summed E-state index contributed by atoms with van der Waals surface area (Å²) in [5, 5.41) is 2.87. The molecule has 0 saturated heterocycles. The van der Waals surface area contributed by atoms with Gasteiger partial charge in [-0.2, -0.15) is 0 Å². The molecular weight excluding hydrogens is 316 g/mol. The van der Waals surface area contributed by atoms with Crippen LogP contribution in [-0.4, -0.2) is 30.0 Å². The van der Waals surface area contributed by atoms with E-state index >= 15 is 0 Å². The van der Waals surface area contributed by atoms with Gasteiger partial charge < -0.3 is 19.4 Å². The van der Waals surface area contributed by atoms with E-state index < -0.39 is 0 Å². The van der Waals surface area contributed by atoms with E-state index in [9.17, 15) is 4.79 Å². The molecule has 7 heteroatoms. The lowest BCUT2D eigenvalue weighted by atomic mass is 10.2. The Hall–Kier alpha value is -3.35. The Morgan fingerprint density at radius 1 is 1.20 bits per heavy atom. The van der Waals surface area contributed by atoms with Crippen LogP contribution in [0.4, 0.5) is 5.69 Å². The Balaban J connectivity index is 1.65. The highest BCUT2D eigenvalue weighted by atomic mass is 16.2. The molecule has 0 spiro atoms. The molecule has 25 heavy (non-hydrogen) atoms. The summed E-state index contributed by atoms with van der Waals surface area (Å²) in [5.74, 6) is 0.884. The number of benzene rings is 1. The van der Waals surface area contributed by atoms with Crippen LogP contribution >= 0.6 is 0 Å². The van der Waals surface area contributed by atoms with Crippen molar-refractivity contribution in [3.05, 3.63) is 54.2 Å². The summed E-state index contributed by atoms with van der Waals surface area (Å²) in [6.45, 7) is 2.05. The quantitative estimate of drug-likeness (QED) is 0.604. The van der Waals surface area contributed by atoms with Crippen molar-refractivity contribution in [1.82, 2.24) is 24.1 Å². The first kappa shape index (κ1) is 15.2. The number of H-pyrrole nitrogens is 1. The van der Waals surface area contributed by atoms with E-state index in [1.165, 1.54) is 5.56 Å². The fourth-order valence-corrected chi connectivity index (χ4v) is 2.88. The van der Waals surface area contributed by atoms with Gasteiger partial charge >= 0.3 is 0 Å². The number of aromatic nitrogens is 5. The van der Waals surface area contributed by atoms with Gasteiger partial charge in [0.2, 0.25) is 0 Å². The predicted molar refractivity (Wildman–Crippen MR) is 96.4 cm³/mol. The third-order valence-electron chi connectivity index (χ3n) is 4.17. The van der Waals surface area contributed by atoms with E-state index in [1.807, 2.05) is 42.9 Å². The van der Waals surface area contributed by atoms with Crippen molar-refractivity contribution in [3.63, 3.8) is 0 Å². The zero-order valence-electron chi connectivity index (χ0n) is 14.2. The Kier molecular flexibility index (Phi) is 3.42. The fourth-order valence-electron chi connectivity index (χ4n) is 2.88. The minimum Gasteiger partial charge on any atom is -0.346 e. The maximum absolute atomic E-state index is 12.3.